The maximum Gasteiger partial charge on any atom is 0.287 e. The van der Waals surface area contributed by atoms with Gasteiger partial charge in [0.15, 0.2) is 29.5 Å². The van der Waals surface area contributed by atoms with E-state index >= 15 is 0 Å². The first-order valence-electron chi connectivity index (χ1n) is 10.6. The van der Waals surface area contributed by atoms with Gasteiger partial charge < -0.3 is 23.5 Å². The Labute approximate surface area is 190 Å². The first-order valence-corrected chi connectivity index (χ1v) is 10.6. The van der Waals surface area contributed by atoms with Gasteiger partial charge in [0.25, 0.3) is 5.69 Å². The van der Waals surface area contributed by atoms with Crippen LogP contribution in [0, 0.1) is 10.1 Å². The second-order valence-electron chi connectivity index (χ2n) is 7.99. The number of ether oxygens (including phenoxy) is 4. The van der Waals surface area contributed by atoms with Gasteiger partial charge in [0.1, 0.15) is 12.2 Å². The van der Waals surface area contributed by atoms with Gasteiger partial charge in [-0.05, 0) is 29.8 Å². The van der Waals surface area contributed by atoms with E-state index in [1.807, 2.05) is 37.4 Å². The maximum absolute atomic E-state index is 11.5. The first kappa shape index (κ1) is 20.9. The van der Waals surface area contributed by atoms with E-state index in [1.165, 1.54) is 6.20 Å². The minimum Gasteiger partial charge on any atom is -0.493 e. The fourth-order valence-corrected chi connectivity index (χ4v) is 4.57. The number of aromatic nitrogens is 1. The minimum atomic E-state index is -0.372. The molecule has 9 nitrogen and oxygen atoms in total. The molecule has 0 amide bonds. The average molecular weight is 450 g/mol. The fraction of sp³-hybridized carbons (Fsp3) is 0.292. The SMILES string of the molecule is COc1cccc(C[N+]2=C(c3cc([N+](=O)[O-])cn3C)c3cc4c(cc3CC2)OCO4)c1OC. The second kappa shape index (κ2) is 8.16. The number of hydrogen-bond acceptors (Lipinski definition) is 6. The zero-order chi connectivity index (χ0) is 23.1. The summed E-state index contributed by atoms with van der Waals surface area (Å²) < 4.78 is 26.3. The van der Waals surface area contributed by atoms with Gasteiger partial charge in [0, 0.05) is 19.5 Å². The Hall–Kier alpha value is -4.01. The number of hydrogen-bond donors (Lipinski definition) is 0. The van der Waals surface area contributed by atoms with Crippen molar-refractivity contribution < 1.29 is 28.4 Å². The van der Waals surface area contributed by atoms with Crippen molar-refractivity contribution in [2.75, 3.05) is 27.6 Å². The van der Waals surface area contributed by atoms with Crippen LogP contribution >= 0.6 is 0 Å². The molecule has 3 aromatic rings. The molecule has 0 aliphatic carbocycles. The lowest BCUT2D eigenvalue weighted by Gasteiger charge is -2.20. The van der Waals surface area contributed by atoms with Crippen molar-refractivity contribution in [1.82, 2.24) is 4.57 Å². The highest BCUT2D eigenvalue weighted by molar-refractivity contribution is 6.10. The molecule has 0 fully saturated rings. The Kier molecular flexibility index (Phi) is 5.16. The molecule has 1 aromatic heterocycles. The van der Waals surface area contributed by atoms with Gasteiger partial charge in [-0.3, -0.25) is 10.1 Å². The highest BCUT2D eigenvalue weighted by atomic mass is 16.7. The molecular weight excluding hydrogens is 426 g/mol. The third-order valence-electron chi connectivity index (χ3n) is 6.11. The van der Waals surface area contributed by atoms with Crippen molar-refractivity contribution in [2.24, 2.45) is 7.05 Å². The van der Waals surface area contributed by atoms with Gasteiger partial charge in [-0.15, -0.1) is 0 Å². The summed E-state index contributed by atoms with van der Waals surface area (Å²) in [6.07, 6.45) is 2.34. The van der Waals surface area contributed by atoms with Crippen LogP contribution in [0.4, 0.5) is 5.69 Å². The van der Waals surface area contributed by atoms with Crippen LogP contribution in [0.2, 0.25) is 0 Å². The molecule has 2 aromatic carbocycles. The van der Waals surface area contributed by atoms with E-state index in [4.69, 9.17) is 18.9 Å². The number of aryl methyl sites for hydroxylation is 1. The Morgan fingerprint density at radius 1 is 1.15 bits per heavy atom. The van der Waals surface area contributed by atoms with Gasteiger partial charge in [0.05, 0.1) is 36.5 Å². The number of rotatable bonds is 6. The van der Waals surface area contributed by atoms with Crippen LogP contribution in [0.25, 0.3) is 0 Å². The maximum atomic E-state index is 11.5. The molecule has 0 bridgehead atoms. The van der Waals surface area contributed by atoms with Crippen molar-refractivity contribution in [3.05, 3.63) is 75.1 Å². The normalized spacial score (nSPS) is 14.3. The predicted octanol–water partition coefficient (Wildman–Crippen LogP) is 3.29. The summed E-state index contributed by atoms with van der Waals surface area (Å²) in [4.78, 5) is 11.1. The van der Waals surface area contributed by atoms with Crippen LogP contribution in [0.5, 0.6) is 23.0 Å². The van der Waals surface area contributed by atoms with Crippen LogP contribution in [-0.2, 0) is 20.0 Å². The van der Waals surface area contributed by atoms with Crippen molar-refractivity contribution in [3.8, 4) is 23.0 Å². The number of fused-ring (bicyclic) bond motifs is 2. The van der Waals surface area contributed by atoms with Gasteiger partial charge in [0.2, 0.25) is 12.5 Å². The van der Waals surface area contributed by atoms with Crippen molar-refractivity contribution in [2.45, 2.75) is 13.0 Å². The Morgan fingerprint density at radius 2 is 1.94 bits per heavy atom. The number of nitrogens with zero attached hydrogens (tertiary/aromatic N) is 3. The largest absolute Gasteiger partial charge is 0.493 e. The van der Waals surface area contributed by atoms with Crippen LogP contribution < -0.4 is 18.9 Å². The standard InChI is InChI=1S/C24H24N3O6/c1-25-13-17(27(28)29)10-19(25)23-18-11-22-21(32-14-33-22)9-15(18)7-8-26(23)12-16-5-4-6-20(30-2)24(16)31-3/h4-6,9-11,13H,7-8,12,14H2,1-3H3/q+1. The van der Waals surface area contributed by atoms with E-state index in [1.54, 1.807) is 24.9 Å². The minimum absolute atomic E-state index is 0.0479. The summed E-state index contributed by atoms with van der Waals surface area (Å²) in [6, 6.07) is 11.4. The Bertz CT molecular complexity index is 1290. The van der Waals surface area contributed by atoms with E-state index in [2.05, 4.69) is 4.58 Å². The second-order valence-corrected chi connectivity index (χ2v) is 7.99. The monoisotopic (exact) mass is 450 g/mol. The molecule has 3 heterocycles. The number of benzene rings is 2. The van der Waals surface area contributed by atoms with E-state index in [0.717, 1.165) is 46.8 Å². The van der Waals surface area contributed by atoms with Gasteiger partial charge >= 0.3 is 0 Å². The number of methoxy groups -OCH3 is 2. The molecule has 33 heavy (non-hydrogen) atoms. The summed E-state index contributed by atoms with van der Waals surface area (Å²) in [6.45, 7) is 1.46. The zero-order valence-electron chi connectivity index (χ0n) is 18.7. The average Bonchev–Trinajstić information content (AvgIpc) is 3.43. The molecule has 0 unspecified atom stereocenters. The molecule has 0 atom stereocenters. The molecule has 0 spiro atoms. The third-order valence-corrected chi connectivity index (χ3v) is 6.11. The Balaban J connectivity index is 1.71. The smallest absolute Gasteiger partial charge is 0.287 e. The van der Waals surface area contributed by atoms with E-state index in [-0.39, 0.29) is 17.4 Å². The van der Waals surface area contributed by atoms with Crippen LogP contribution in [-0.4, -0.2) is 47.3 Å². The van der Waals surface area contributed by atoms with Crippen molar-refractivity contribution in [3.63, 3.8) is 0 Å². The lowest BCUT2D eigenvalue weighted by atomic mass is 9.93. The highest BCUT2D eigenvalue weighted by Crippen LogP contribution is 2.38. The molecule has 0 N–H and O–H groups in total. The molecule has 2 aliphatic rings. The molecule has 0 saturated heterocycles. The third kappa shape index (κ3) is 3.55. The van der Waals surface area contributed by atoms with E-state index in [0.29, 0.717) is 23.8 Å². The quantitative estimate of drug-likeness (QED) is 0.325. The number of nitro groups is 1. The van der Waals surface area contributed by atoms with Gasteiger partial charge in [-0.25, -0.2) is 4.58 Å². The highest BCUT2D eigenvalue weighted by Gasteiger charge is 2.34. The van der Waals surface area contributed by atoms with Crippen molar-refractivity contribution in [1.29, 1.82) is 0 Å². The molecule has 170 valence electrons. The molecule has 9 heteroatoms. The van der Waals surface area contributed by atoms with E-state index < -0.39 is 0 Å². The molecule has 0 radical (unpaired) electrons. The number of para-hydroxylation sites is 1. The van der Waals surface area contributed by atoms with Crippen molar-refractivity contribution >= 4 is 11.4 Å². The Morgan fingerprint density at radius 3 is 2.64 bits per heavy atom. The molecule has 2 aliphatic heterocycles. The first-order chi connectivity index (χ1) is 16.0. The summed E-state index contributed by atoms with van der Waals surface area (Å²) in [5.41, 5.74) is 4.75. The topological polar surface area (TPSA) is 88.0 Å². The predicted molar refractivity (Wildman–Crippen MR) is 120 cm³/mol. The lowest BCUT2D eigenvalue weighted by Crippen LogP contribution is -2.32. The summed E-state index contributed by atoms with van der Waals surface area (Å²) >= 11 is 0. The van der Waals surface area contributed by atoms with Crippen LogP contribution in [0.3, 0.4) is 0 Å². The van der Waals surface area contributed by atoms with Gasteiger partial charge in [-0.2, -0.15) is 0 Å². The van der Waals surface area contributed by atoms with E-state index in [9.17, 15) is 10.1 Å². The summed E-state index contributed by atoms with van der Waals surface area (Å²) in [5.74, 6) is 2.74. The zero-order valence-corrected chi connectivity index (χ0v) is 18.7. The fourth-order valence-electron chi connectivity index (χ4n) is 4.57. The summed E-state index contributed by atoms with van der Waals surface area (Å²) in [7, 11) is 5.06. The lowest BCUT2D eigenvalue weighted by molar-refractivity contribution is -0.544. The van der Waals surface area contributed by atoms with Crippen LogP contribution in [0.15, 0.2) is 42.6 Å². The molecule has 0 saturated carbocycles. The van der Waals surface area contributed by atoms with Gasteiger partial charge in [-0.1, -0.05) is 6.07 Å². The molecule has 5 rings (SSSR count). The molecular formula is C24H24N3O6+. The van der Waals surface area contributed by atoms with Crippen LogP contribution in [0.1, 0.15) is 22.4 Å². The summed E-state index contributed by atoms with van der Waals surface area (Å²) in [5, 5.41) is 11.5.